The lowest BCUT2D eigenvalue weighted by molar-refractivity contribution is -0.146. The van der Waals surface area contributed by atoms with Gasteiger partial charge >= 0.3 is 5.97 Å². The van der Waals surface area contributed by atoms with E-state index in [0.29, 0.717) is 0 Å². The quantitative estimate of drug-likeness (QED) is 0.491. The van der Waals surface area contributed by atoms with Gasteiger partial charge in [-0.3, -0.25) is 4.79 Å². The van der Waals surface area contributed by atoms with Gasteiger partial charge in [-0.25, -0.2) is 0 Å². The lowest BCUT2D eigenvalue weighted by atomic mass is 9.90. The van der Waals surface area contributed by atoms with E-state index < -0.39 is 0 Å². The van der Waals surface area contributed by atoms with Gasteiger partial charge in [0, 0.05) is 6.04 Å². The summed E-state index contributed by atoms with van der Waals surface area (Å²) in [4.78, 5) is 11.3. The van der Waals surface area contributed by atoms with Gasteiger partial charge in [-0.1, -0.05) is 12.2 Å². The topological polar surface area (TPSA) is 52.3 Å². The first-order chi connectivity index (χ1) is 6.25. The van der Waals surface area contributed by atoms with E-state index in [2.05, 4.69) is 12.2 Å². The maximum Gasteiger partial charge on any atom is 0.310 e. The largest absolute Gasteiger partial charge is 0.469 e. The molecule has 0 saturated carbocycles. The second-order valence-electron chi connectivity index (χ2n) is 3.42. The predicted molar refractivity (Wildman–Crippen MR) is 51.1 cm³/mol. The van der Waals surface area contributed by atoms with E-state index in [4.69, 9.17) is 10.5 Å². The highest BCUT2D eigenvalue weighted by Gasteiger charge is 2.25. The number of methoxy groups -OCH3 is 1. The molecule has 0 saturated heterocycles. The molecule has 0 bridgehead atoms. The number of esters is 1. The van der Waals surface area contributed by atoms with Crippen LogP contribution in [0.2, 0.25) is 0 Å². The Morgan fingerprint density at radius 3 is 2.62 bits per heavy atom. The van der Waals surface area contributed by atoms with Crippen molar-refractivity contribution in [3.8, 4) is 0 Å². The van der Waals surface area contributed by atoms with Crippen molar-refractivity contribution in [2.45, 2.75) is 31.7 Å². The summed E-state index contributed by atoms with van der Waals surface area (Å²) in [6.07, 6.45) is 7.82. The molecule has 1 rings (SSSR count). The van der Waals surface area contributed by atoms with Gasteiger partial charge in [-0.15, -0.1) is 0 Å². The third-order valence-corrected chi connectivity index (χ3v) is 2.50. The number of hydrogen-bond acceptors (Lipinski definition) is 3. The summed E-state index contributed by atoms with van der Waals surface area (Å²) in [6, 6.07) is -0.0441. The van der Waals surface area contributed by atoms with Crippen molar-refractivity contribution in [1.82, 2.24) is 0 Å². The fraction of sp³-hybridized carbons (Fsp3) is 0.700. The SMILES string of the molecule is COC(=O)C1CC/C=C\CCC1N. The number of nitrogens with two attached hydrogens (primary N) is 1. The van der Waals surface area contributed by atoms with Crippen LogP contribution >= 0.6 is 0 Å². The minimum Gasteiger partial charge on any atom is -0.469 e. The van der Waals surface area contributed by atoms with Gasteiger partial charge in [-0.05, 0) is 25.7 Å². The van der Waals surface area contributed by atoms with E-state index in [0.717, 1.165) is 25.7 Å². The van der Waals surface area contributed by atoms with Gasteiger partial charge < -0.3 is 10.5 Å². The van der Waals surface area contributed by atoms with E-state index >= 15 is 0 Å². The second-order valence-corrected chi connectivity index (χ2v) is 3.42. The Labute approximate surface area is 78.9 Å². The fourth-order valence-corrected chi connectivity index (χ4v) is 1.66. The maximum absolute atomic E-state index is 11.3. The van der Waals surface area contributed by atoms with Crippen LogP contribution in [-0.2, 0) is 9.53 Å². The van der Waals surface area contributed by atoms with E-state index in [1.807, 2.05) is 0 Å². The van der Waals surface area contributed by atoms with Crippen molar-refractivity contribution in [2.75, 3.05) is 7.11 Å². The summed E-state index contributed by atoms with van der Waals surface area (Å²) in [5, 5.41) is 0. The van der Waals surface area contributed by atoms with Crippen molar-refractivity contribution in [3.63, 3.8) is 0 Å². The third kappa shape index (κ3) is 2.84. The number of carbonyl (C=O) groups is 1. The summed E-state index contributed by atoms with van der Waals surface area (Å²) in [5.74, 6) is -0.280. The van der Waals surface area contributed by atoms with Crippen LogP contribution in [0.5, 0.6) is 0 Å². The molecule has 74 valence electrons. The summed E-state index contributed by atoms with van der Waals surface area (Å²) < 4.78 is 4.71. The Morgan fingerprint density at radius 1 is 1.38 bits per heavy atom. The molecule has 1 aliphatic carbocycles. The zero-order valence-electron chi connectivity index (χ0n) is 8.03. The molecule has 0 amide bonds. The highest BCUT2D eigenvalue weighted by molar-refractivity contribution is 5.73. The van der Waals surface area contributed by atoms with E-state index in [1.165, 1.54) is 7.11 Å². The zero-order valence-corrected chi connectivity index (χ0v) is 8.03. The van der Waals surface area contributed by atoms with Crippen LogP contribution in [0.3, 0.4) is 0 Å². The number of hydrogen-bond donors (Lipinski definition) is 1. The molecule has 2 atom stereocenters. The molecule has 3 heteroatoms. The Hall–Kier alpha value is -0.830. The second kappa shape index (κ2) is 5.02. The van der Waals surface area contributed by atoms with Gasteiger partial charge in [0.05, 0.1) is 13.0 Å². The normalized spacial score (nSPS) is 31.5. The van der Waals surface area contributed by atoms with E-state index in [-0.39, 0.29) is 17.9 Å². The van der Waals surface area contributed by atoms with Crippen molar-refractivity contribution in [2.24, 2.45) is 11.7 Å². The molecule has 1 aliphatic rings. The van der Waals surface area contributed by atoms with Crippen LogP contribution in [0.1, 0.15) is 25.7 Å². The smallest absolute Gasteiger partial charge is 0.310 e. The molecule has 0 aromatic carbocycles. The van der Waals surface area contributed by atoms with Crippen LogP contribution < -0.4 is 5.73 Å². The Kier molecular flexibility index (Phi) is 3.96. The number of rotatable bonds is 1. The molecular formula is C10H17NO2. The molecular weight excluding hydrogens is 166 g/mol. The van der Waals surface area contributed by atoms with Gasteiger partial charge in [0.1, 0.15) is 0 Å². The first-order valence-electron chi connectivity index (χ1n) is 4.74. The average molecular weight is 183 g/mol. The Bertz CT molecular complexity index is 201. The molecule has 2 N–H and O–H groups in total. The average Bonchev–Trinajstić information content (AvgIpc) is 2.11. The first-order valence-corrected chi connectivity index (χ1v) is 4.74. The van der Waals surface area contributed by atoms with Crippen molar-refractivity contribution in [1.29, 1.82) is 0 Å². The molecule has 0 aromatic rings. The number of allylic oxidation sites excluding steroid dienone is 2. The molecule has 0 spiro atoms. The lowest BCUT2D eigenvalue weighted by Gasteiger charge is -2.21. The molecule has 0 heterocycles. The molecule has 0 aliphatic heterocycles. The number of ether oxygens (including phenoxy) is 1. The first kappa shape index (κ1) is 10.3. The van der Waals surface area contributed by atoms with Gasteiger partial charge in [0.25, 0.3) is 0 Å². The third-order valence-electron chi connectivity index (χ3n) is 2.50. The van der Waals surface area contributed by atoms with E-state index in [9.17, 15) is 4.79 Å². The highest BCUT2D eigenvalue weighted by atomic mass is 16.5. The Balaban J connectivity index is 2.58. The molecule has 13 heavy (non-hydrogen) atoms. The zero-order chi connectivity index (χ0) is 9.68. The number of carbonyl (C=O) groups excluding carboxylic acids is 1. The van der Waals surface area contributed by atoms with Crippen LogP contribution in [0.25, 0.3) is 0 Å². The van der Waals surface area contributed by atoms with Crippen LogP contribution in [0.4, 0.5) is 0 Å². The monoisotopic (exact) mass is 183 g/mol. The van der Waals surface area contributed by atoms with Gasteiger partial charge in [0.15, 0.2) is 0 Å². The fourth-order valence-electron chi connectivity index (χ4n) is 1.66. The van der Waals surface area contributed by atoms with Crippen LogP contribution in [0, 0.1) is 5.92 Å². The van der Waals surface area contributed by atoms with Gasteiger partial charge in [-0.2, -0.15) is 0 Å². The van der Waals surface area contributed by atoms with Crippen molar-refractivity contribution < 1.29 is 9.53 Å². The molecule has 0 radical (unpaired) electrons. The highest BCUT2D eigenvalue weighted by Crippen LogP contribution is 2.18. The van der Waals surface area contributed by atoms with Crippen molar-refractivity contribution in [3.05, 3.63) is 12.2 Å². The summed E-state index contributed by atoms with van der Waals surface area (Å²) in [7, 11) is 1.42. The predicted octanol–water partition coefficient (Wildman–Crippen LogP) is 1.23. The molecule has 3 nitrogen and oxygen atoms in total. The van der Waals surface area contributed by atoms with Gasteiger partial charge in [0.2, 0.25) is 0 Å². The standard InChI is InChI=1S/C10H17NO2/c1-13-10(12)8-6-4-2-3-5-7-9(8)11/h2-3,8-9H,4-7,11H2,1H3/b3-2-. The summed E-state index contributed by atoms with van der Waals surface area (Å²) in [6.45, 7) is 0. The molecule has 0 aromatic heterocycles. The minimum atomic E-state index is -0.164. The summed E-state index contributed by atoms with van der Waals surface area (Å²) >= 11 is 0. The van der Waals surface area contributed by atoms with Crippen LogP contribution in [-0.4, -0.2) is 19.1 Å². The van der Waals surface area contributed by atoms with Crippen LogP contribution in [0.15, 0.2) is 12.2 Å². The minimum absolute atomic E-state index is 0.0441. The summed E-state index contributed by atoms with van der Waals surface area (Å²) in [5.41, 5.74) is 5.89. The maximum atomic E-state index is 11.3. The van der Waals surface area contributed by atoms with Crippen molar-refractivity contribution >= 4 is 5.97 Å². The Morgan fingerprint density at radius 2 is 2.00 bits per heavy atom. The molecule has 0 fully saturated rings. The van der Waals surface area contributed by atoms with E-state index in [1.54, 1.807) is 0 Å². The lowest BCUT2D eigenvalue weighted by Crippen LogP contribution is -2.36. The molecule has 2 unspecified atom stereocenters.